The molecule has 1 aromatic carbocycles. The van der Waals surface area contributed by atoms with Crippen LogP contribution < -0.4 is 10.5 Å². The Hall–Kier alpha value is -0.910. The predicted molar refractivity (Wildman–Crippen MR) is 69.0 cm³/mol. The fourth-order valence-electron chi connectivity index (χ4n) is 1.46. The van der Waals surface area contributed by atoms with Crippen LogP contribution in [0.3, 0.4) is 0 Å². The van der Waals surface area contributed by atoms with Crippen molar-refractivity contribution in [3.63, 3.8) is 0 Å². The Kier molecular flexibility index (Phi) is 5.11. The van der Waals surface area contributed by atoms with Crippen LogP contribution in [0.2, 0.25) is 0 Å². The van der Waals surface area contributed by atoms with Crippen LogP contribution in [0.4, 0.5) is 0 Å². The summed E-state index contributed by atoms with van der Waals surface area (Å²) in [4.78, 5) is 0.167. The van der Waals surface area contributed by atoms with Gasteiger partial charge in [-0.3, -0.25) is 0 Å². The molecular weight excluding hydrogens is 236 g/mol. The van der Waals surface area contributed by atoms with Crippen LogP contribution in [0, 0.1) is 5.92 Å². The van der Waals surface area contributed by atoms with Gasteiger partial charge in [0.25, 0.3) is 0 Å². The molecule has 0 bridgehead atoms. The second-order valence-corrected chi connectivity index (χ2v) is 6.11. The fourth-order valence-corrected chi connectivity index (χ4v) is 2.04. The van der Waals surface area contributed by atoms with E-state index in [2.05, 4.69) is 19.2 Å². The zero-order valence-corrected chi connectivity index (χ0v) is 11.1. The standard InChI is InChI=1S/C12H20N2O2S/c1-10(2)6-7-14-9-11-4-3-5-12(8-11)17(13,15)16/h3-5,8,10,14H,6-7,9H2,1-2H3,(H2,13,15,16). The van der Waals surface area contributed by atoms with Crippen molar-refractivity contribution in [2.24, 2.45) is 11.1 Å². The van der Waals surface area contributed by atoms with Crippen LogP contribution in [-0.4, -0.2) is 15.0 Å². The van der Waals surface area contributed by atoms with Crippen LogP contribution in [0.1, 0.15) is 25.8 Å². The summed E-state index contributed by atoms with van der Waals surface area (Å²) in [6, 6.07) is 6.71. The first kappa shape index (κ1) is 14.2. The minimum absolute atomic E-state index is 0.167. The van der Waals surface area contributed by atoms with Crippen LogP contribution in [0.5, 0.6) is 0 Å². The first-order valence-electron chi connectivity index (χ1n) is 5.72. The zero-order valence-electron chi connectivity index (χ0n) is 10.3. The van der Waals surface area contributed by atoms with E-state index in [1.807, 2.05) is 6.07 Å². The second kappa shape index (κ2) is 6.14. The maximum atomic E-state index is 11.2. The molecule has 0 radical (unpaired) electrons. The lowest BCUT2D eigenvalue weighted by atomic mass is 10.1. The Morgan fingerprint density at radius 2 is 2.06 bits per heavy atom. The number of benzene rings is 1. The summed E-state index contributed by atoms with van der Waals surface area (Å²) in [5.74, 6) is 0.665. The number of nitrogens with one attached hydrogen (secondary N) is 1. The Balaban J connectivity index is 2.55. The van der Waals surface area contributed by atoms with E-state index in [4.69, 9.17) is 5.14 Å². The highest BCUT2D eigenvalue weighted by molar-refractivity contribution is 7.89. The topological polar surface area (TPSA) is 72.2 Å². The Labute approximate surface area is 103 Å². The minimum atomic E-state index is -3.60. The minimum Gasteiger partial charge on any atom is -0.313 e. The Bertz CT molecular complexity index is 455. The third-order valence-corrected chi connectivity index (χ3v) is 3.37. The molecule has 0 spiro atoms. The van der Waals surface area contributed by atoms with Crippen molar-refractivity contribution in [2.75, 3.05) is 6.54 Å². The van der Waals surface area contributed by atoms with Crippen molar-refractivity contribution in [3.05, 3.63) is 29.8 Å². The van der Waals surface area contributed by atoms with E-state index in [9.17, 15) is 8.42 Å². The van der Waals surface area contributed by atoms with E-state index in [1.165, 1.54) is 6.07 Å². The first-order chi connectivity index (χ1) is 7.89. The summed E-state index contributed by atoms with van der Waals surface area (Å²) in [5.41, 5.74) is 0.931. The third kappa shape index (κ3) is 5.30. The van der Waals surface area contributed by atoms with Crippen molar-refractivity contribution in [2.45, 2.75) is 31.7 Å². The molecule has 0 atom stereocenters. The Morgan fingerprint density at radius 3 is 2.65 bits per heavy atom. The summed E-state index contributed by atoms with van der Waals surface area (Å²) < 4.78 is 22.3. The number of hydrogen-bond donors (Lipinski definition) is 2. The van der Waals surface area contributed by atoms with Gasteiger partial charge in [0, 0.05) is 6.54 Å². The van der Waals surface area contributed by atoms with Crippen LogP contribution in [-0.2, 0) is 16.6 Å². The van der Waals surface area contributed by atoms with Crippen molar-refractivity contribution in [1.29, 1.82) is 0 Å². The maximum absolute atomic E-state index is 11.2. The number of hydrogen-bond acceptors (Lipinski definition) is 3. The Morgan fingerprint density at radius 1 is 1.35 bits per heavy atom. The van der Waals surface area contributed by atoms with Gasteiger partial charge in [-0.05, 0) is 36.6 Å². The molecule has 0 aromatic heterocycles. The third-order valence-electron chi connectivity index (χ3n) is 2.45. The molecule has 0 fully saturated rings. The smallest absolute Gasteiger partial charge is 0.238 e. The van der Waals surface area contributed by atoms with Gasteiger partial charge in [0.2, 0.25) is 10.0 Å². The highest BCUT2D eigenvalue weighted by Crippen LogP contribution is 2.09. The van der Waals surface area contributed by atoms with Crippen LogP contribution in [0.15, 0.2) is 29.2 Å². The molecule has 0 aliphatic heterocycles. The molecule has 3 N–H and O–H groups in total. The average Bonchev–Trinajstić information content (AvgIpc) is 2.23. The van der Waals surface area contributed by atoms with Gasteiger partial charge in [-0.15, -0.1) is 0 Å². The van der Waals surface area contributed by atoms with Gasteiger partial charge < -0.3 is 5.32 Å². The van der Waals surface area contributed by atoms with Crippen LogP contribution >= 0.6 is 0 Å². The highest BCUT2D eigenvalue weighted by Gasteiger charge is 2.07. The molecule has 0 saturated heterocycles. The van der Waals surface area contributed by atoms with Crippen molar-refractivity contribution >= 4 is 10.0 Å². The molecule has 5 heteroatoms. The molecule has 0 amide bonds. The van der Waals surface area contributed by atoms with Gasteiger partial charge in [0.05, 0.1) is 4.90 Å². The van der Waals surface area contributed by atoms with E-state index in [-0.39, 0.29) is 4.90 Å². The molecule has 1 rings (SSSR count). The van der Waals surface area contributed by atoms with E-state index >= 15 is 0 Å². The lowest BCUT2D eigenvalue weighted by Crippen LogP contribution is -2.17. The summed E-state index contributed by atoms with van der Waals surface area (Å²) in [6.45, 7) is 5.93. The van der Waals surface area contributed by atoms with Gasteiger partial charge in [0.1, 0.15) is 0 Å². The molecule has 0 heterocycles. The molecular formula is C12H20N2O2S. The molecule has 1 aromatic rings. The lowest BCUT2D eigenvalue weighted by Gasteiger charge is -2.07. The molecule has 0 saturated carbocycles. The molecule has 0 aliphatic rings. The van der Waals surface area contributed by atoms with E-state index in [1.54, 1.807) is 12.1 Å². The van der Waals surface area contributed by atoms with Crippen molar-refractivity contribution in [1.82, 2.24) is 5.32 Å². The van der Waals surface area contributed by atoms with Crippen molar-refractivity contribution in [3.8, 4) is 0 Å². The number of nitrogens with two attached hydrogens (primary N) is 1. The number of primary sulfonamides is 1. The highest BCUT2D eigenvalue weighted by atomic mass is 32.2. The molecule has 17 heavy (non-hydrogen) atoms. The van der Waals surface area contributed by atoms with Gasteiger partial charge in [-0.1, -0.05) is 26.0 Å². The van der Waals surface area contributed by atoms with Gasteiger partial charge >= 0.3 is 0 Å². The zero-order chi connectivity index (χ0) is 12.9. The van der Waals surface area contributed by atoms with Crippen molar-refractivity contribution < 1.29 is 8.42 Å². The van der Waals surface area contributed by atoms with E-state index in [0.29, 0.717) is 12.5 Å². The average molecular weight is 256 g/mol. The summed E-state index contributed by atoms with van der Waals surface area (Å²) in [5, 5.41) is 8.35. The quantitative estimate of drug-likeness (QED) is 0.757. The van der Waals surface area contributed by atoms with E-state index in [0.717, 1.165) is 18.5 Å². The summed E-state index contributed by atoms with van der Waals surface area (Å²) >= 11 is 0. The largest absolute Gasteiger partial charge is 0.313 e. The maximum Gasteiger partial charge on any atom is 0.238 e. The predicted octanol–water partition coefficient (Wildman–Crippen LogP) is 1.47. The number of rotatable bonds is 6. The number of sulfonamides is 1. The second-order valence-electron chi connectivity index (χ2n) is 4.55. The fraction of sp³-hybridized carbons (Fsp3) is 0.500. The summed E-state index contributed by atoms with van der Waals surface area (Å²) in [6.07, 6.45) is 1.11. The van der Waals surface area contributed by atoms with Gasteiger partial charge in [-0.25, -0.2) is 13.6 Å². The van der Waals surface area contributed by atoms with Gasteiger partial charge in [-0.2, -0.15) is 0 Å². The monoisotopic (exact) mass is 256 g/mol. The molecule has 4 nitrogen and oxygen atoms in total. The van der Waals surface area contributed by atoms with Crippen LogP contribution in [0.25, 0.3) is 0 Å². The van der Waals surface area contributed by atoms with Gasteiger partial charge in [0.15, 0.2) is 0 Å². The first-order valence-corrected chi connectivity index (χ1v) is 7.26. The lowest BCUT2D eigenvalue weighted by molar-refractivity contribution is 0.537. The molecule has 96 valence electrons. The molecule has 0 aliphatic carbocycles. The normalized spacial score (nSPS) is 12.0. The SMILES string of the molecule is CC(C)CCNCc1cccc(S(N)(=O)=O)c1. The summed E-state index contributed by atoms with van der Waals surface area (Å²) in [7, 11) is -3.60. The molecule has 0 unspecified atom stereocenters. The van der Waals surface area contributed by atoms with E-state index < -0.39 is 10.0 Å².